The van der Waals surface area contributed by atoms with Crippen molar-refractivity contribution in [2.24, 2.45) is 5.84 Å². The van der Waals surface area contributed by atoms with Gasteiger partial charge in [-0.05, 0) is 32.6 Å². The van der Waals surface area contributed by atoms with Crippen LogP contribution in [0.2, 0.25) is 0 Å². The highest BCUT2D eigenvalue weighted by Crippen LogP contribution is 2.23. The van der Waals surface area contributed by atoms with Crippen LogP contribution in [0.1, 0.15) is 32.6 Å². The number of allylic oxidation sites excluding steroid dienone is 1. The summed E-state index contributed by atoms with van der Waals surface area (Å²) in [4.78, 5) is 0. The molecule has 0 amide bonds. The lowest BCUT2D eigenvalue weighted by atomic mass is 10.0. The second-order valence-corrected chi connectivity index (χ2v) is 3.70. The zero-order valence-electron chi connectivity index (χ0n) is 8.33. The van der Waals surface area contributed by atoms with Gasteiger partial charge in [-0.25, -0.2) is 0 Å². The summed E-state index contributed by atoms with van der Waals surface area (Å²) in [6.07, 6.45) is 6.87. The Bertz CT molecular complexity index is 161. The van der Waals surface area contributed by atoms with Gasteiger partial charge in [-0.3, -0.25) is 11.3 Å². The van der Waals surface area contributed by atoms with Gasteiger partial charge < -0.3 is 4.74 Å². The fourth-order valence-corrected chi connectivity index (χ4v) is 1.80. The number of nitrogens with one attached hydrogen (secondary N) is 1. The fourth-order valence-electron chi connectivity index (χ4n) is 1.80. The summed E-state index contributed by atoms with van der Waals surface area (Å²) < 4.78 is 5.73. The SMILES string of the molecule is C=CCCC(NN)C1CCC(C)O1. The fraction of sp³-hybridized carbons (Fsp3) is 0.800. The molecule has 0 aromatic carbocycles. The monoisotopic (exact) mass is 184 g/mol. The van der Waals surface area contributed by atoms with Crippen molar-refractivity contribution in [3.63, 3.8) is 0 Å². The van der Waals surface area contributed by atoms with E-state index in [1.165, 1.54) is 0 Å². The summed E-state index contributed by atoms with van der Waals surface area (Å²) >= 11 is 0. The maximum Gasteiger partial charge on any atom is 0.0746 e. The van der Waals surface area contributed by atoms with E-state index in [0.717, 1.165) is 25.7 Å². The molecule has 1 heterocycles. The molecule has 76 valence electrons. The highest BCUT2D eigenvalue weighted by atomic mass is 16.5. The molecule has 0 radical (unpaired) electrons. The van der Waals surface area contributed by atoms with Crippen LogP contribution in [0, 0.1) is 0 Å². The average molecular weight is 184 g/mol. The minimum absolute atomic E-state index is 0.281. The summed E-state index contributed by atoms with van der Waals surface area (Å²) in [7, 11) is 0. The lowest BCUT2D eigenvalue weighted by molar-refractivity contribution is 0.0303. The first-order valence-electron chi connectivity index (χ1n) is 5.00. The van der Waals surface area contributed by atoms with Gasteiger partial charge in [-0.15, -0.1) is 6.58 Å². The third-order valence-corrected chi connectivity index (χ3v) is 2.61. The Balaban J connectivity index is 2.32. The Morgan fingerprint density at radius 2 is 2.46 bits per heavy atom. The first kappa shape index (κ1) is 10.7. The molecule has 1 saturated heterocycles. The molecule has 3 nitrogen and oxygen atoms in total. The molecule has 1 aliphatic heterocycles. The second-order valence-electron chi connectivity index (χ2n) is 3.70. The summed E-state index contributed by atoms with van der Waals surface area (Å²) in [5.74, 6) is 5.47. The quantitative estimate of drug-likeness (QED) is 0.385. The van der Waals surface area contributed by atoms with Crippen molar-refractivity contribution in [2.75, 3.05) is 0 Å². The van der Waals surface area contributed by atoms with Gasteiger partial charge in [-0.2, -0.15) is 0 Å². The molecule has 1 fully saturated rings. The standard InChI is InChI=1S/C10H20N2O/c1-3-4-5-9(12-11)10-7-6-8(2)13-10/h3,8-10,12H,1,4-7,11H2,2H3. The molecular formula is C10H20N2O. The Kier molecular flexibility index (Phi) is 4.42. The lowest BCUT2D eigenvalue weighted by Gasteiger charge is -2.22. The highest BCUT2D eigenvalue weighted by Gasteiger charge is 2.28. The molecule has 0 spiro atoms. The molecule has 0 bridgehead atoms. The normalized spacial score (nSPS) is 30.3. The number of hydrogen-bond acceptors (Lipinski definition) is 3. The van der Waals surface area contributed by atoms with E-state index in [2.05, 4.69) is 18.9 Å². The van der Waals surface area contributed by atoms with Crippen LogP contribution < -0.4 is 11.3 Å². The van der Waals surface area contributed by atoms with Crippen LogP contribution in [0.25, 0.3) is 0 Å². The maximum absolute atomic E-state index is 5.73. The number of hydrogen-bond donors (Lipinski definition) is 2. The van der Waals surface area contributed by atoms with Gasteiger partial charge in [0.15, 0.2) is 0 Å². The molecule has 1 rings (SSSR count). The Hall–Kier alpha value is -0.380. The molecule has 13 heavy (non-hydrogen) atoms. The van der Waals surface area contributed by atoms with Gasteiger partial charge in [0, 0.05) is 6.04 Å². The molecule has 1 aliphatic rings. The topological polar surface area (TPSA) is 47.3 Å². The van der Waals surface area contributed by atoms with Gasteiger partial charge in [0.25, 0.3) is 0 Å². The largest absolute Gasteiger partial charge is 0.374 e. The van der Waals surface area contributed by atoms with E-state index in [-0.39, 0.29) is 6.04 Å². The van der Waals surface area contributed by atoms with Crippen molar-refractivity contribution in [3.05, 3.63) is 12.7 Å². The predicted octanol–water partition coefficient (Wildman–Crippen LogP) is 1.35. The van der Waals surface area contributed by atoms with E-state index in [0.29, 0.717) is 12.2 Å². The van der Waals surface area contributed by atoms with Crippen molar-refractivity contribution in [2.45, 2.75) is 50.9 Å². The first-order valence-corrected chi connectivity index (χ1v) is 5.00. The first-order chi connectivity index (χ1) is 6.27. The van der Waals surface area contributed by atoms with Crippen LogP contribution in [0.3, 0.4) is 0 Å². The molecule has 0 aromatic heterocycles. The Labute approximate surface area is 80.3 Å². The van der Waals surface area contributed by atoms with Crippen LogP contribution in [-0.2, 0) is 4.74 Å². The minimum Gasteiger partial charge on any atom is -0.374 e. The van der Waals surface area contributed by atoms with Crippen molar-refractivity contribution in [1.29, 1.82) is 0 Å². The third kappa shape index (κ3) is 3.10. The zero-order valence-corrected chi connectivity index (χ0v) is 8.33. The van der Waals surface area contributed by atoms with Crippen LogP contribution in [0.5, 0.6) is 0 Å². The van der Waals surface area contributed by atoms with Gasteiger partial charge in [0.05, 0.1) is 12.2 Å². The summed E-state index contributed by atoms with van der Waals surface area (Å²) in [5.41, 5.74) is 2.83. The second kappa shape index (κ2) is 5.37. The van der Waals surface area contributed by atoms with E-state index in [9.17, 15) is 0 Å². The van der Waals surface area contributed by atoms with E-state index in [4.69, 9.17) is 10.6 Å². The van der Waals surface area contributed by atoms with Gasteiger partial charge in [-0.1, -0.05) is 6.08 Å². The predicted molar refractivity (Wildman–Crippen MR) is 54.1 cm³/mol. The number of rotatable bonds is 5. The summed E-state index contributed by atoms with van der Waals surface area (Å²) in [6.45, 7) is 5.81. The van der Waals surface area contributed by atoms with Crippen molar-refractivity contribution >= 4 is 0 Å². The van der Waals surface area contributed by atoms with Crippen LogP contribution in [0.4, 0.5) is 0 Å². The molecule has 3 N–H and O–H groups in total. The molecular weight excluding hydrogens is 164 g/mol. The molecule has 0 aromatic rings. The smallest absolute Gasteiger partial charge is 0.0746 e. The van der Waals surface area contributed by atoms with E-state index in [1.54, 1.807) is 0 Å². The molecule has 0 saturated carbocycles. The van der Waals surface area contributed by atoms with E-state index < -0.39 is 0 Å². The van der Waals surface area contributed by atoms with Gasteiger partial charge >= 0.3 is 0 Å². The maximum atomic E-state index is 5.73. The third-order valence-electron chi connectivity index (χ3n) is 2.61. The van der Waals surface area contributed by atoms with Crippen molar-refractivity contribution < 1.29 is 4.74 Å². The van der Waals surface area contributed by atoms with Crippen LogP contribution in [0.15, 0.2) is 12.7 Å². The molecule has 3 atom stereocenters. The molecule has 3 unspecified atom stereocenters. The van der Waals surface area contributed by atoms with Gasteiger partial charge in [0.2, 0.25) is 0 Å². The average Bonchev–Trinajstić information content (AvgIpc) is 2.54. The van der Waals surface area contributed by atoms with E-state index >= 15 is 0 Å². The minimum atomic E-state index is 0.281. The van der Waals surface area contributed by atoms with Crippen LogP contribution in [-0.4, -0.2) is 18.2 Å². The highest BCUT2D eigenvalue weighted by molar-refractivity contribution is 4.83. The summed E-state index contributed by atoms with van der Waals surface area (Å²) in [6, 6.07) is 0.281. The van der Waals surface area contributed by atoms with Crippen molar-refractivity contribution in [1.82, 2.24) is 5.43 Å². The number of nitrogens with two attached hydrogens (primary N) is 1. The lowest BCUT2D eigenvalue weighted by Crippen LogP contribution is -2.43. The Morgan fingerprint density at radius 3 is 2.92 bits per heavy atom. The molecule has 3 heteroatoms. The van der Waals surface area contributed by atoms with Crippen LogP contribution >= 0.6 is 0 Å². The van der Waals surface area contributed by atoms with Gasteiger partial charge in [0.1, 0.15) is 0 Å². The summed E-state index contributed by atoms with van der Waals surface area (Å²) in [5, 5.41) is 0. The molecule has 0 aliphatic carbocycles. The number of ether oxygens (including phenoxy) is 1. The number of hydrazine groups is 1. The van der Waals surface area contributed by atoms with E-state index in [1.807, 2.05) is 6.08 Å². The van der Waals surface area contributed by atoms with Crippen molar-refractivity contribution in [3.8, 4) is 0 Å². The Morgan fingerprint density at radius 1 is 1.69 bits per heavy atom. The zero-order chi connectivity index (χ0) is 9.68.